The fraction of sp³-hybridized carbons (Fsp3) is 0.208. The van der Waals surface area contributed by atoms with E-state index in [0.29, 0.717) is 10.7 Å². The Hall–Kier alpha value is -3.92. The molecule has 4 aromatic rings. The standard InChI is InChI=1S/C24H21FN4O4S/c1-2-3-11-20-28-29-21(30)13-17(26-24(29)34-20)14-33-23(32)18-9-4-5-10-19(18)27-22(31)15-7-6-8-16(25)12-15/h4-10,12-13H,2-3,11,14H2,1H3,(H,27,31). The molecule has 0 atom stereocenters. The minimum absolute atomic E-state index is 0.115. The van der Waals surface area contributed by atoms with Gasteiger partial charge in [-0.1, -0.05) is 42.9 Å². The van der Waals surface area contributed by atoms with Crippen molar-refractivity contribution in [2.75, 3.05) is 5.32 Å². The van der Waals surface area contributed by atoms with Gasteiger partial charge in [0, 0.05) is 18.1 Å². The predicted molar refractivity (Wildman–Crippen MR) is 126 cm³/mol. The smallest absolute Gasteiger partial charge is 0.340 e. The number of hydrogen-bond acceptors (Lipinski definition) is 7. The molecule has 0 spiro atoms. The quantitative estimate of drug-likeness (QED) is 0.379. The lowest BCUT2D eigenvalue weighted by atomic mass is 10.1. The molecule has 0 aliphatic rings. The molecule has 8 nitrogen and oxygen atoms in total. The third-order valence-electron chi connectivity index (χ3n) is 4.92. The van der Waals surface area contributed by atoms with Gasteiger partial charge in [0.15, 0.2) is 0 Å². The van der Waals surface area contributed by atoms with Crippen LogP contribution in [0.2, 0.25) is 0 Å². The van der Waals surface area contributed by atoms with Gasteiger partial charge in [-0.05, 0) is 36.8 Å². The first-order valence-electron chi connectivity index (χ1n) is 10.7. The van der Waals surface area contributed by atoms with Gasteiger partial charge in [-0.2, -0.15) is 9.61 Å². The number of anilines is 1. The summed E-state index contributed by atoms with van der Waals surface area (Å²) in [6.07, 6.45) is 2.75. The summed E-state index contributed by atoms with van der Waals surface area (Å²) in [7, 11) is 0. The number of aryl methyl sites for hydroxylation is 1. The van der Waals surface area contributed by atoms with Gasteiger partial charge in [0.25, 0.3) is 11.5 Å². The summed E-state index contributed by atoms with van der Waals surface area (Å²) in [5, 5.41) is 7.72. The number of rotatable bonds is 8. The molecule has 34 heavy (non-hydrogen) atoms. The zero-order valence-electron chi connectivity index (χ0n) is 18.3. The van der Waals surface area contributed by atoms with Gasteiger partial charge in [-0.3, -0.25) is 9.59 Å². The Morgan fingerprint density at radius 3 is 2.76 bits per heavy atom. The second kappa shape index (κ2) is 10.3. The highest BCUT2D eigenvalue weighted by molar-refractivity contribution is 7.16. The van der Waals surface area contributed by atoms with Gasteiger partial charge in [0.1, 0.15) is 17.4 Å². The fourth-order valence-corrected chi connectivity index (χ4v) is 4.17. The van der Waals surface area contributed by atoms with Crippen LogP contribution < -0.4 is 10.9 Å². The Balaban J connectivity index is 1.48. The monoisotopic (exact) mass is 480 g/mol. The van der Waals surface area contributed by atoms with Crippen LogP contribution in [0.25, 0.3) is 4.96 Å². The number of esters is 1. The normalized spacial score (nSPS) is 10.9. The summed E-state index contributed by atoms with van der Waals surface area (Å²) in [5.41, 5.74) is 0.394. The van der Waals surface area contributed by atoms with Crippen molar-refractivity contribution in [3.63, 3.8) is 0 Å². The van der Waals surface area contributed by atoms with Gasteiger partial charge in [0.05, 0.1) is 16.9 Å². The molecule has 4 rings (SSSR count). The summed E-state index contributed by atoms with van der Waals surface area (Å²) in [6.45, 7) is 1.86. The van der Waals surface area contributed by atoms with Crippen molar-refractivity contribution in [3.8, 4) is 0 Å². The maximum Gasteiger partial charge on any atom is 0.340 e. The van der Waals surface area contributed by atoms with Crippen LogP contribution in [0.3, 0.4) is 0 Å². The Morgan fingerprint density at radius 2 is 1.97 bits per heavy atom. The number of amides is 1. The van der Waals surface area contributed by atoms with Crippen LogP contribution in [-0.4, -0.2) is 26.5 Å². The van der Waals surface area contributed by atoms with E-state index >= 15 is 0 Å². The van der Waals surface area contributed by atoms with E-state index in [1.807, 2.05) is 0 Å². The van der Waals surface area contributed by atoms with Crippen LogP contribution in [0.1, 0.15) is 51.2 Å². The van der Waals surface area contributed by atoms with Crippen molar-refractivity contribution < 1.29 is 18.7 Å². The second-order valence-electron chi connectivity index (χ2n) is 7.47. The summed E-state index contributed by atoms with van der Waals surface area (Å²) in [6, 6.07) is 12.8. The molecule has 10 heteroatoms. The number of hydrogen-bond donors (Lipinski definition) is 1. The first-order chi connectivity index (χ1) is 16.4. The number of para-hydroxylation sites is 1. The molecule has 0 saturated carbocycles. The summed E-state index contributed by atoms with van der Waals surface area (Å²) < 4.78 is 20.0. The van der Waals surface area contributed by atoms with Crippen molar-refractivity contribution in [3.05, 3.63) is 92.6 Å². The van der Waals surface area contributed by atoms with E-state index in [-0.39, 0.29) is 29.0 Å². The molecule has 0 saturated heterocycles. The number of fused-ring (bicyclic) bond motifs is 1. The Labute approximate surface area is 198 Å². The molecule has 0 fully saturated rings. The lowest BCUT2D eigenvalue weighted by molar-refractivity contribution is 0.0469. The maximum absolute atomic E-state index is 13.4. The first-order valence-corrected chi connectivity index (χ1v) is 11.5. The van der Waals surface area contributed by atoms with Crippen molar-refractivity contribution in [2.45, 2.75) is 32.8 Å². The SMILES string of the molecule is CCCCc1nn2c(=O)cc(COC(=O)c3ccccc3NC(=O)c3cccc(F)c3)nc2s1. The van der Waals surface area contributed by atoms with Gasteiger partial charge < -0.3 is 10.1 Å². The minimum Gasteiger partial charge on any atom is -0.456 e. The Bertz CT molecular complexity index is 1420. The second-order valence-corrected chi connectivity index (χ2v) is 8.51. The predicted octanol–water partition coefficient (Wildman–Crippen LogP) is 4.24. The highest BCUT2D eigenvalue weighted by atomic mass is 32.1. The van der Waals surface area contributed by atoms with Crippen LogP contribution in [0.4, 0.5) is 10.1 Å². The topological polar surface area (TPSA) is 103 Å². The summed E-state index contributed by atoms with van der Waals surface area (Å²) >= 11 is 1.33. The van der Waals surface area contributed by atoms with Crippen LogP contribution in [-0.2, 0) is 17.8 Å². The van der Waals surface area contributed by atoms with Gasteiger partial charge in [-0.15, -0.1) is 0 Å². The lowest BCUT2D eigenvalue weighted by Crippen LogP contribution is -2.18. The molecule has 0 unspecified atom stereocenters. The lowest BCUT2D eigenvalue weighted by Gasteiger charge is -2.11. The number of carbonyl (C=O) groups is 2. The highest BCUT2D eigenvalue weighted by Gasteiger charge is 2.17. The number of ether oxygens (including phenoxy) is 1. The molecule has 0 radical (unpaired) electrons. The molecule has 2 heterocycles. The van der Waals surface area contributed by atoms with Gasteiger partial charge >= 0.3 is 5.97 Å². The van der Waals surface area contributed by atoms with Crippen molar-refractivity contribution in [1.29, 1.82) is 0 Å². The van der Waals surface area contributed by atoms with Crippen LogP contribution in [0, 0.1) is 5.82 Å². The Kier molecular flexibility index (Phi) is 7.07. The van der Waals surface area contributed by atoms with E-state index in [0.717, 1.165) is 30.3 Å². The number of unbranched alkanes of at least 4 members (excludes halogenated alkanes) is 1. The van der Waals surface area contributed by atoms with Crippen LogP contribution in [0.15, 0.2) is 59.4 Å². The zero-order valence-corrected chi connectivity index (χ0v) is 19.1. The van der Waals surface area contributed by atoms with Crippen LogP contribution >= 0.6 is 11.3 Å². The maximum atomic E-state index is 13.4. The minimum atomic E-state index is -0.704. The number of benzene rings is 2. The van der Waals surface area contributed by atoms with E-state index in [1.54, 1.807) is 18.2 Å². The summed E-state index contributed by atoms with van der Waals surface area (Å²) in [5.74, 6) is -1.81. The van der Waals surface area contributed by atoms with E-state index in [1.165, 1.54) is 46.2 Å². The molecule has 0 bridgehead atoms. The number of nitrogens with one attached hydrogen (secondary N) is 1. The first kappa shape index (κ1) is 23.2. The number of carbonyl (C=O) groups excluding carboxylic acids is 2. The molecule has 1 N–H and O–H groups in total. The average Bonchev–Trinajstić information content (AvgIpc) is 3.25. The third-order valence-corrected chi connectivity index (χ3v) is 5.89. The molecule has 174 valence electrons. The van der Waals surface area contributed by atoms with E-state index in [2.05, 4.69) is 22.3 Å². The molecule has 2 aromatic heterocycles. The highest BCUT2D eigenvalue weighted by Crippen LogP contribution is 2.19. The average molecular weight is 481 g/mol. The molecule has 0 aliphatic carbocycles. The van der Waals surface area contributed by atoms with E-state index in [4.69, 9.17) is 4.74 Å². The van der Waals surface area contributed by atoms with Crippen LogP contribution in [0.5, 0.6) is 0 Å². The zero-order chi connectivity index (χ0) is 24.1. The van der Waals surface area contributed by atoms with Crippen molar-refractivity contribution in [2.24, 2.45) is 0 Å². The largest absolute Gasteiger partial charge is 0.456 e. The summed E-state index contributed by atoms with van der Waals surface area (Å²) in [4.78, 5) is 42.4. The Morgan fingerprint density at radius 1 is 1.15 bits per heavy atom. The molecule has 2 aromatic carbocycles. The molecule has 0 aliphatic heterocycles. The van der Waals surface area contributed by atoms with E-state index < -0.39 is 17.7 Å². The third kappa shape index (κ3) is 5.34. The fourth-order valence-electron chi connectivity index (χ4n) is 3.21. The van der Waals surface area contributed by atoms with Crippen molar-refractivity contribution in [1.82, 2.24) is 14.6 Å². The van der Waals surface area contributed by atoms with E-state index in [9.17, 15) is 18.8 Å². The molecular formula is C24H21FN4O4S. The number of halogens is 1. The molecular weight excluding hydrogens is 459 g/mol. The van der Waals surface area contributed by atoms with Crippen molar-refractivity contribution >= 4 is 33.9 Å². The van der Waals surface area contributed by atoms with Gasteiger partial charge in [-0.25, -0.2) is 14.2 Å². The van der Waals surface area contributed by atoms with Gasteiger partial charge in [0.2, 0.25) is 4.96 Å². The molecule has 1 amide bonds. The number of aromatic nitrogens is 3. The number of nitrogens with zero attached hydrogens (tertiary/aromatic N) is 3.